The summed E-state index contributed by atoms with van der Waals surface area (Å²) < 4.78 is 25.2. The fourth-order valence-corrected chi connectivity index (χ4v) is 3.05. The molecule has 0 bridgehead atoms. The first-order chi connectivity index (χ1) is 10.4. The summed E-state index contributed by atoms with van der Waals surface area (Å²) in [4.78, 5) is 6.67. The largest absolute Gasteiger partial charge is 0.355 e. The SMILES string of the molecule is CCS(=O)(=O)NCCNC(=NC)NC1CCN(C(C)C)CC1.I. The van der Waals surface area contributed by atoms with Crippen molar-refractivity contribution >= 4 is 40.0 Å². The standard InChI is InChI=1S/C14H31N5O2S.HI/c1-5-22(20,21)17-9-8-16-14(15-4)18-13-6-10-19(11-7-13)12(2)3;/h12-13,17H,5-11H2,1-4H3,(H2,15,16,18);1H. The quantitative estimate of drug-likeness (QED) is 0.224. The minimum absolute atomic E-state index is 0. The molecule has 0 amide bonds. The van der Waals surface area contributed by atoms with E-state index in [1.807, 2.05) is 0 Å². The van der Waals surface area contributed by atoms with Crippen LogP contribution in [0.3, 0.4) is 0 Å². The zero-order valence-corrected chi connectivity index (χ0v) is 17.8. The maximum Gasteiger partial charge on any atom is 0.211 e. The Balaban J connectivity index is 0.00000484. The maximum atomic E-state index is 11.3. The van der Waals surface area contributed by atoms with Gasteiger partial charge in [-0.05, 0) is 33.6 Å². The Hall–Kier alpha value is -0.130. The third-order valence-electron chi connectivity index (χ3n) is 3.94. The topological polar surface area (TPSA) is 85.8 Å². The van der Waals surface area contributed by atoms with Crippen LogP contribution in [-0.2, 0) is 10.0 Å². The first-order valence-electron chi connectivity index (χ1n) is 8.06. The average molecular weight is 461 g/mol. The maximum absolute atomic E-state index is 11.3. The van der Waals surface area contributed by atoms with E-state index < -0.39 is 10.0 Å². The lowest BCUT2D eigenvalue weighted by Gasteiger charge is -2.35. The Bertz CT molecular complexity index is 448. The second-order valence-electron chi connectivity index (χ2n) is 5.85. The van der Waals surface area contributed by atoms with Crippen LogP contribution in [0.25, 0.3) is 0 Å². The number of hydrogen-bond donors (Lipinski definition) is 3. The van der Waals surface area contributed by atoms with Gasteiger partial charge in [0.05, 0.1) is 5.75 Å². The summed E-state index contributed by atoms with van der Waals surface area (Å²) in [7, 11) is -1.39. The van der Waals surface area contributed by atoms with Crippen molar-refractivity contribution in [3.8, 4) is 0 Å². The molecule has 1 rings (SSSR count). The van der Waals surface area contributed by atoms with E-state index in [0.29, 0.717) is 25.2 Å². The van der Waals surface area contributed by atoms with Gasteiger partial charge in [-0.15, -0.1) is 24.0 Å². The van der Waals surface area contributed by atoms with Gasteiger partial charge in [-0.25, -0.2) is 13.1 Å². The number of likely N-dealkylation sites (tertiary alicyclic amines) is 1. The molecule has 0 aromatic rings. The van der Waals surface area contributed by atoms with Crippen LogP contribution in [0.5, 0.6) is 0 Å². The molecule has 0 aromatic heterocycles. The Morgan fingerprint density at radius 1 is 1.26 bits per heavy atom. The molecule has 138 valence electrons. The van der Waals surface area contributed by atoms with Crippen LogP contribution in [0, 0.1) is 0 Å². The molecular weight excluding hydrogens is 429 g/mol. The summed E-state index contributed by atoms with van der Waals surface area (Å²) in [5, 5.41) is 6.56. The van der Waals surface area contributed by atoms with E-state index in [1.165, 1.54) is 0 Å². The van der Waals surface area contributed by atoms with E-state index >= 15 is 0 Å². The Morgan fingerprint density at radius 3 is 2.35 bits per heavy atom. The number of nitrogens with one attached hydrogen (secondary N) is 3. The summed E-state index contributed by atoms with van der Waals surface area (Å²) in [5.41, 5.74) is 0. The number of aliphatic imine (C=N–C) groups is 1. The molecule has 0 radical (unpaired) electrons. The van der Waals surface area contributed by atoms with Crippen LogP contribution in [0.2, 0.25) is 0 Å². The Labute approximate surface area is 158 Å². The molecule has 3 N–H and O–H groups in total. The number of guanidine groups is 1. The summed E-state index contributed by atoms with van der Waals surface area (Å²) in [6.07, 6.45) is 2.20. The van der Waals surface area contributed by atoms with Crippen molar-refractivity contribution < 1.29 is 8.42 Å². The van der Waals surface area contributed by atoms with Gasteiger partial charge < -0.3 is 15.5 Å². The van der Waals surface area contributed by atoms with Crippen LogP contribution in [0.4, 0.5) is 0 Å². The van der Waals surface area contributed by atoms with E-state index in [9.17, 15) is 8.42 Å². The fraction of sp³-hybridized carbons (Fsp3) is 0.929. The van der Waals surface area contributed by atoms with Crippen molar-refractivity contribution in [2.24, 2.45) is 4.99 Å². The van der Waals surface area contributed by atoms with Gasteiger partial charge in [0, 0.05) is 45.3 Å². The minimum Gasteiger partial charge on any atom is -0.355 e. The molecule has 0 unspecified atom stereocenters. The number of piperidine rings is 1. The van der Waals surface area contributed by atoms with E-state index in [4.69, 9.17) is 0 Å². The molecule has 1 heterocycles. The highest BCUT2D eigenvalue weighted by Crippen LogP contribution is 2.12. The summed E-state index contributed by atoms with van der Waals surface area (Å²) >= 11 is 0. The van der Waals surface area contributed by atoms with Gasteiger partial charge in [-0.3, -0.25) is 4.99 Å². The molecule has 0 aliphatic carbocycles. The minimum atomic E-state index is -3.12. The number of sulfonamides is 1. The van der Waals surface area contributed by atoms with Crippen molar-refractivity contribution in [2.75, 3.05) is 39.0 Å². The number of rotatable bonds is 7. The monoisotopic (exact) mass is 461 g/mol. The second-order valence-corrected chi connectivity index (χ2v) is 7.94. The lowest BCUT2D eigenvalue weighted by molar-refractivity contribution is 0.167. The third-order valence-corrected chi connectivity index (χ3v) is 5.35. The van der Waals surface area contributed by atoms with Gasteiger partial charge in [0.25, 0.3) is 0 Å². The normalized spacial score (nSPS) is 17.9. The average Bonchev–Trinajstić information content (AvgIpc) is 2.50. The highest BCUT2D eigenvalue weighted by molar-refractivity contribution is 14.0. The van der Waals surface area contributed by atoms with Crippen molar-refractivity contribution in [3.63, 3.8) is 0 Å². The fourth-order valence-electron chi connectivity index (χ4n) is 2.44. The van der Waals surface area contributed by atoms with Crippen LogP contribution < -0.4 is 15.4 Å². The lowest BCUT2D eigenvalue weighted by Crippen LogP contribution is -2.50. The molecule has 0 spiro atoms. The molecular formula is C14H32IN5O2S. The third kappa shape index (κ3) is 9.06. The van der Waals surface area contributed by atoms with E-state index in [2.05, 4.69) is 39.1 Å². The van der Waals surface area contributed by atoms with E-state index in [1.54, 1.807) is 14.0 Å². The molecule has 1 fully saturated rings. The molecule has 7 nitrogen and oxygen atoms in total. The summed E-state index contributed by atoms with van der Waals surface area (Å²) in [5.74, 6) is 0.840. The van der Waals surface area contributed by atoms with Crippen molar-refractivity contribution in [3.05, 3.63) is 0 Å². The van der Waals surface area contributed by atoms with Crippen molar-refractivity contribution in [2.45, 2.75) is 45.7 Å². The van der Waals surface area contributed by atoms with Gasteiger partial charge in [0.2, 0.25) is 10.0 Å². The second kappa shape index (κ2) is 11.4. The van der Waals surface area contributed by atoms with Gasteiger partial charge >= 0.3 is 0 Å². The molecule has 9 heteroatoms. The molecule has 0 aromatic carbocycles. The highest BCUT2D eigenvalue weighted by Gasteiger charge is 2.21. The van der Waals surface area contributed by atoms with Gasteiger partial charge in [0.15, 0.2) is 5.96 Å². The molecule has 23 heavy (non-hydrogen) atoms. The predicted octanol–water partition coefficient (Wildman–Crippen LogP) is 0.582. The molecule has 0 atom stereocenters. The lowest BCUT2D eigenvalue weighted by atomic mass is 10.0. The summed E-state index contributed by atoms with van der Waals surface area (Å²) in [6, 6.07) is 1.03. The van der Waals surface area contributed by atoms with Crippen LogP contribution >= 0.6 is 24.0 Å². The first kappa shape index (κ1) is 22.9. The summed E-state index contributed by atoms with van der Waals surface area (Å²) in [6.45, 7) is 9.16. The first-order valence-corrected chi connectivity index (χ1v) is 9.71. The zero-order valence-electron chi connectivity index (χ0n) is 14.6. The molecule has 1 aliphatic heterocycles. The highest BCUT2D eigenvalue weighted by atomic mass is 127. The molecule has 0 saturated carbocycles. The van der Waals surface area contributed by atoms with E-state index in [0.717, 1.165) is 31.9 Å². The zero-order chi connectivity index (χ0) is 16.6. The Morgan fingerprint density at radius 2 is 1.87 bits per heavy atom. The van der Waals surface area contributed by atoms with Gasteiger partial charge in [-0.2, -0.15) is 0 Å². The van der Waals surface area contributed by atoms with E-state index in [-0.39, 0.29) is 29.7 Å². The van der Waals surface area contributed by atoms with Gasteiger partial charge in [0.1, 0.15) is 0 Å². The van der Waals surface area contributed by atoms with Crippen molar-refractivity contribution in [1.82, 2.24) is 20.3 Å². The van der Waals surface area contributed by atoms with Crippen LogP contribution in [0.15, 0.2) is 4.99 Å². The van der Waals surface area contributed by atoms with Crippen molar-refractivity contribution in [1.29, 1.82) is 0 Å². The number of halogens is 1. The number of hydrogen-bond acceptors (Lipinski definition) is 4. The Kier molecular flexibility index (Phi) is 11.4. The number of nitrogens with zero attached hydrogens (tertiary/aromatic N) is 2. The van der Waals surface area contributed by atoms with Crippen LogP contribution in [0.1, 0.15) is 33.6 Å². The van der Waals surface area contributed by atoms with Crippen LogP contribution in [-0.4, -0.2) is 70.3 Å². The molecule has 1 saturated heterocycles. The smallest absolute Gasteiger partial charge is 0.211 e. The van der Waals surface area contributed by atoms with Gasteiger partial charge in [-0.1, -0.05) is 0 Å². The molecule has 1 aliphatic rings. The predicted molar refractivity (Wildman–Crippen MR) is 107 cm³/mol.